The van der Waals surface area contributed by atoms with Crippen molar-refractivity contribution in [3.05, 3.63) is 149 Å². The molecule has 0 fully saturated rings. The molecular weight excluding hydrogens is 633 g/mol. The average Bonchev–Trinajstić information content (AvgIpc) is 3.64. The van der Waals surface area contributed by atoms with Gasteiger partial charge in [0.2, 0.25) is 0 Å². The summed E-state index contributed by atoms with van der Waals surface area (Å²) in [6.45, 7) is 8.89. The van der Waals surface area contributed by atoms with E-state index in [-0.39, 0.29) is 24.8 Å². The molecule has 4 aromatic rings. The van der Waals surface area contributed by atoms with E-state index in [2.05, 4.69) is 147 Å². The Balaban J connectivity index is 0.00000202. The first kappa shape index (κ1) is 32.4. The number of halogens is 2. The first-order valence-electron chi connectivity index (χ1n) is 14.9. The third-order valence-corrected chi connectivity index (χ3v) is 17.2. The van der Waals surface area contributed by atoms with Crippen LogP contribution in [0.3, 0.4) is 0 Å². The van der Waals surface area contributed by atoms with Crippen LogP contribution in [0.2, 0.25) is 3.63 Å². The number of rotatable bonds is 9. The van der Waals surface area contributed by atoms with Gasteiger partial charge in [-0.2, -0.15) is 0 Å². The molecule has 0 radical (unpaired) electrons. The number of aryl methyl sites for hydroxylation is 1. The van der Waals surface area contributed by atoms with Gasteiger partial charge in [0.05, 0.1) is 0 Å². The van der Waals surface area contributed by atoms with Crippen LogP contribution >= 0.6 is 0 Å². The molecule has 2 aliphatic rings. The van der Waals surface area contributed by atoms with Gasteiger partial charge in [0, 0.05) is 0 Å². The molecule has 42 heavy (non-hydrogen) atoms. The summed E-state index contributed by atoms with van der Waals surface area (Å²) in [5, 5.41) is 0. The molecule has 1 atom stereocenters. The summed E-state index contributed by atoms with van der Waals surface area (Å²) in [5.41, 5.74) is 11.7. The minimum Gasteiger partial charge on any atom is -1.00 e. The number of benzene rings is 4. The third kappa shape index (κ3) is 6.23. The number of allylic oxidation sites excluding steroid dienone is 4. The van der Waals surface area contributed by atoms with E-state index < -0.39 is 21.3 Å². The maximum absolute atomic E-state index is 2.61. The molecular formula is C38H39Cl2NZr. The van der Waals surface area contributed by atoms with E-state index in [9.17, 15) is 0 Å². The van der Waals surface area contributed by atoms with Gasteiger partial charge < -0.3 is 24.8 Å². The molecule has 0 N–H and O–H groups in total. The second-order valence-corrected chi connectivity index (χ2v) is 17.4. The Morgan fingerprint density at radius 1 is 0.667 bits per heavy atom. The van der Waals surface area contributed by atoms with Crippen molar-refractivity contribution in [1.82, 2.24) is 0 Å². The van der Waals surface area contributed by atoms with Gasteiger partial charge in [0.15, 0.2) is 0 Å². The Kier molecular flexibility index (Phi) is 11.4. The monoisotopic (exact) mass is 669 g/mol. The van der Waals surface area contributed by atoms with Crippen molar-refractivity contribution in [1.29, 1.82) is 0 Å². The van der Waals surface area contributed by atoms with Crippen LogP contribution in [0.4, 0.5) is 5.69 Å². The maximum Gasteiger partial charge on any atom is -1.00 e. The van der Waals surface area contributed by atoms with Gasteiger partial charge in [-0.15, -0.1) is 0 Å². The van der Waals surface area contributed by atoms with E-state index in [1.54, 1.807) is 14.3 Å². The van der Waals surface area contributed by atoms with Gasteiger partial charge in [-0.05, 0) is 0 Å². The normalized spacial score (nSPS) is 14.3. The molecule has 0 saturated heterocycles. The van der Waals surface area contributed by atoms with E-state index in [0.29, 0.717) is 7.25 Å². The van der Waals surface area contributed by atoms with E-state index in [4.69, 9.17) is 0 Å². The molecule has 0 amide bonds. The summed E-state index contributed by atoms with van der Waals surface area (Å²) in [7, 11) is 0. The Hall–Kier alpha value is -2.51. The van der Waals surface area contributed by atoms with E-state index in [1.165, 1.54) is 39.9 Å². The zero-order chi connectivity index (χ0) is 27.5. The molecule has 1 unspecified atom stereocenters. The molecule has 0 aliphatic heterocycles. The van der Waals surface area contributed by atoms with Gasteiger partial charge >= 0.3 is 249 Å². The Morgan fingerprint density at radius 3 is 1.76 bits per heavy atom. The molecule has 0 saturated carbocycles. The first-order valence-corrected chi connectivity index (χ1v) is 19.0. The van der Waals surface area contributed by atoms with Gasteiger partial charge in [-0.3, -0.25) is 0 Å². The summed E-state index contributed by atoms with van der Waals surface area (Å²) in [6, 6.07) is 37.3. The minimum absolute atomic E-state index is 0. The van der Waals surface area contributed by atoms with Crippen LogP contribution in [0.5, 0.6) is 0 Å². The van der Waals surface area contributed by atoms with Gasteiger partial charge in [0.25, 0.3) is 0 Å². The first-order chi connectivity index (χ1) is 19.7. The Labute approximate surface area is 272 Å². The van der Waals surface area contributed by atoms with Crippen molar-refractivity contribution in [3.63, 3.8) is 0 Å². The number of nitrogens with zero attached hydrogens (tertiary/aromatic N) is 1. The second-order valence-electron chi connectivity index (χ2n) is 10.9. The van der Waals surface area contributed by atoms with Crippen molar-refractivity contribution in [3.8, 4) is 11.1 Å². The number of fused-ring (bicyclic) bond motifs is 3. The van der Waals surface area contributed by atoms with Gasteiger partial charge in [-0.1, -0.05) is 0 Å². The third-order valence-electron chi connectivity index (χ3n) is 8.56. The molecule has 0 bridgehead atoms. The largest absolute Gasteiger partial charge is 1.00 e. The summed E-state index contributed by atoms with van der Waals surface area (Å²) < 4.78 is 2.59. The van der Waals surface area contributed by atoms with E-state index in [1.807, 2.05) is 0 Å². The van der Waals surface area contributed by atoms with Crippen molar-refractivity contribution < 1.29 is 46.1 Å². The minimum atomic E-state index is -2.61. The van der Waals surface area contributed by atoms with Crippen molar-refractivity contribution in [2.24, 2.45) is 0 Å². The van der Waals surface area contributed by atoms with Crippen molar-refractivity contribution in [2.45, 2.75) is 40.9 Å². The fraction of sp³-hybridized carbons (Fsp3) is 0.237. The van der Waals surface area contributed by atoms with E-state index in [0.717, 1.165) is 19.5 Å². The zero-order valence-electron chi connectivity index (χ0n) is 24.7. The smallest absolute Gasteiger partial charge is 1.00 e. The maximum atomic E-state index is 2.58. The van der Waals surface area contributed by atoms with Crippen LogP contribution in [-0.2, 0) is 27.7 Å². The fourth-order valence-corrected chi connectivity index (χ4v) is 16.0. The molecule has 0 aromatic heterocycles. The molecule has 2 aliphatic carbocycles. The number of anilines is 1. The fourth-order valence-electron chi connectivity index (χ4n) is 6.72. The predicted octanol–water partition coefficient (Wildman–Crippen LogP) is 3.36. The van der Waals surface area contributed by atoms with Gasteiger partial charge in [0.1, 0.15) is 0 Å². The molecule has 214 valence electrons. The molecule has 4 aromatic carbocycles. The van der Waals surface area contributed by atoms with Gasteiger partial charge in [-0.25, -0.2) is 0 Å². The van der Waals surface area contributed by atoms with E-state index >= 15 is 0 Å². The number of hydrogen-bond acceptors (Lipinski definition) is 1. The molecule has 4 heteroatoms. The topological polar surface area (TPSA) is 3.24 Å². The van der Waals surface area contributed by atoms with Crippen LogP contribution in [0, 0.1) is 0 Å². The number of hydrogen-bond donors (Lipinski definition) is 0. The van der Waals surface area contributed by atoms with Crippen LogP contribution in [0.1, 0.15) is 58.6 Å². The van der Waals surface area contributed by atoms with Crippen LogP contribution < -0.4 is 29.7 Å². The summed E-state index contributed by atoms with van der Waals surface area (Å²) in [4.78, 5) is 2.50. The zero-order valence-corrected chi connectivity index (χ0v) is 28.7. The standard InChI is InChI=1S/C20H24N.C13H10.C5H5.2ClH.Zr/c1-4-7-15-8-10-19-16(12-15)13-17-14-18(9-11-20(17)19)21(5-2)6-3;1-3-7-12(8-4-1)11-13-9-5-2-6-10-13;1-2-4-5-3-1;;;/h8-14H,4-7H2,1-3H3;1-10H;1-5H;2*1H;/q;;;;;+2/p-2. The predicted molar refractivity (Wildman–Crippen MR) is 169 cm³/mol. The summed E-state index contributed by atoms with van der Waals surface area (Å²) in [6.07, 6.45) is 11.9. The SMILES string of the molecule is CCCc1ccc2c(c1)[CH]([Zr+2](=[C](c1ccccc1)c1ccccc1)[CH]1C=CC=C1)c1cc(N(CC)CC)ccc1-2.[Cl-].[Cl-]. The van der Waals surface area contributed by atoms with Crippen LogP contribution in [-0.4, -0.2) is 16.3 Å². The Morgan fingerprint density at radius 2 is 1.21 bits per heavy atom. The molecule has 0 spiro atoms. The summed E-state index contributed by atoms with van der Waals surface area (Å²) in [5.74, 6) is 0. The molecule has 6 rings (SSSR count). The Bertz CT molecular complexity index is 1530. The van der Waals surface area contributed by atoms with Crippen LogP contribution in [0.15, 0.2) is 121 Å². The van der Waals surface area contributed by atoms with Crippen molar-refractivity contribution >= 4 is 8.89 Å². The van der Waals surface area contributed by atoms with Crippen molar-refractivity contribution in [2.75, 3.05) is 18.0 Å². The average molecular weight is 672 g/mol. The quantitative estimate of drug-likeness (QED) is 0.264. The van der Waals surface area contributed by atoms with Crippen LogP contribution in [0.25, 0.3) is 11.1 Å². The second kappa shape index (κ2) is 14.8. The summed E-state index contributed by atoms with van der Waals surface area (Å²) >= 11 is -2.61. The molecule has 0 heterocycles. The molecule has 1 nitrogen and oxygen atoms in total.